The van der Waals surface area contributed by atoms with Crippen molar-refractivity contribution in [1.82, 2.24) is 21.5 Å². The first-order valence-corrected chi connectivity index (χ1v) is 13.3. The van der Waals surface area contributed by atoms with Gasteiger partial charge in [0.2, 0.25) is 0 Å². The summed E-state index contributed by atoms with van der Waals surface area (Å²) in [6.45, 7) is 23.9. The van der Waals surface area contributed by atoms with Gasteiger partial charge in [-0.05, 0) is 60.2 Å². The fourth-order valence-corrected chi connectivity index (χ4v) is 5.59. The molecule has 0 aliphatic heterocycles. The predicted molar refractivity (Wildman–Crippen MR) is 147 cm³/mol. The summed E-state index contributed by atoms with van der Waals surface area (Å²) < 4.78 is 0. The van der Waals surface area contributed by atoms with Crippen molar-refractivity contribution >= 4 is 23.5 Å². The molecule has 3 atom stereocenters. The fraction of sp³-hybridized carbons (Fsp3) is 0.852. The number of carbonyl (C=O) groups is 2. The first kappa shape index (κ1) is 30.9. The Morgan fingerprint density at radius 3 is 1.86 bits per heavy atom. The lowest BCUT2D eigenvalue weighted by molar-refractivity contribution is 0.0749. The number of carbonyl (C=O) groups excluding carboxylic acids is 2. The first-order valence-electron chi connectivity index (χ1n) is 13.3. The average Bonchev–Trinajstić information content (AvgIpc) is 2.70. The van der Waals surface area contributed by atoms with Crippen LogP contribution < -0.4 is 21.5 Å². The second kappa shape index (κ2) is 13.3. The third kappa shape index (κ3) is 10.6. The molecule has 35 heavy (non-hydrogen) atoms. The number of hydrogen-bond acceptors (Lipinski definition) is 4. The fourth-order valence-electron chi connectivity index (χ4n) is 5.59. The standard InChI is InChI=1S/C27H52N6O2/c1-12-20(8)23(19(6)7)31-33-25(35)29-21-13-26(9,10)15-27(11,14-21)16-28-24(34)32-30-22(17(2)3)18(4)5/h17-21H,12-16H2,1-11H3,(H2,28,32,34)(H2,29,33,35)/b31-23-. The smallest absolute Gasteiger partial charge is 0.335 e. The van der Waals surface area contributed by atoms with Crippen LogP contribution in [-0.2, 0) is 0 Å². The van der Waals surface area contributed by atoms with Gasteiger partial charge in [-0.2, -0.15) is 10.2 Å². The lowest BCUT2D eigenvalue weighted by atomic mass is 9.62. The molecule has 0 heterocycles. The summed E-state index contributed by atoms with van der Waals surface area (Å²) in [4.78, 5) is 25.1. The van der Waals surface area contributed by atoms with E-state index in [-0.39, 0.29) is 46.7 Å². The molecule has 202 valence electrons. The number of hydrogen-bond donors (Lipinski definition) is 4. The second-order valence-electron chi connectivity index (χ2n) is 12.5. The van der Waals surface area contributed by atoms with Crippen LogP contribution in [0.5, 0.6) is 0 Å². The summed E-state index contributed by atoms with van der Waals surface area (Å²) in [6, 6.07) is -0.566. The molecule has 0 bridgehead atoms. The van der Waals surface area contributed by atoms with Gasteiger partial charge in [-0.15, -0.1) is 0 Å². The molecule has 1 aliphatic rings. The third-order valence-corrected chi connectivity index (χ3v) is 6.92. The lowest BCUT2D eigenvalue weighted by Crippen LogP contribution is -2.52. The molecule has 4 amide bonds. The maximum absolute atomic E-state index is 12.7. The summed E-state index contributed by atoms with van der Waals surface area (Å²) in [5.74, 6) is 1.15. The van der Waals surface area contributed by atoms with Crippen molar-refractivity contribution in [1.29, 1.82) is 0 Å². The van der Waals surface area contributed by atoms with Crippen LogP contribution in [-0.4, -0.2) is 36.1 Å². The Hall–Kier alpha value is -2.12. The highest BCUT2D eigenvalue weighted by Gasteiger charge is 2.42. The third-order valence-electron chi connectivity index (χ3n) is 6.92. The number of hydrazone groups is 2. The molecule has 8 heteroatoms. The normalized spacial score (nSPS) is 23.1. The van der Waals surface area contributed by atoms with E-state index >= 15 is 0 Å². The minimum atomic E-state index is -0.295. The van der Waals surface area contributed by atoms with Crippen LogP contribution in [0.1, 0.15) is 102 Å². The van der Waals surface area contributed by atoms with Gasteiger partial charge < -0.3 is 10.6 Å². The average molecular weight is 493 g/mol. The van der Waals surface area contributed by atoms with Gasteiger partial charge >= 0.3 is 12.1 Å². The summed E-state index contributed by atoms with van der Waals surface area (Å²) in [6.07, 6.45) is 3.60. The molecule has 0 spiro atoms. The summed E-state index contributed by atoms with van der Waals surface area (Å²) in [5.41, 5.74) is 7.24. The van der Waals surface area contributed by atoms with Crippen LogP contribution in [0.2, 0.25) is 0 Å². The van der Waals surface area contributed by atoms with E-state index in [1.807, 2.05) is 0 Å². The van der Waals surface area contributed by atoms with Gasteiger partial charge in [0.25, 0.3) is 0 Å². The molecular weight excluding hydrogens is 440 g/mol. The van der Waals surface area contributed by atoms with Gasteiger partial charge in [0, 0.05) is 24.0 Å². The Kier molecular flexibility index (Phi) is 11.7. The quantitative estimate of drug-likeness (QED) is 0.225. The maximum atomic E-state index is 12.7. The zero-order valence-corrected chi connectivity index (χ0v) is 24.1. The number of amides is 4. The minimum absolute atomic E-state index is 0.00131. The minimum Gasteiger partial charge on any atom is -0.336 e. The monoisotopic (exact) mass is 492 g/mol. The molecule has 0 aromatic carbocycles. The Bertz CT molecular complexity index is 762. The van der Waals surface area contributed by atoms with E-state index in [0.29, 0.717) is 12.5 Å². The van der Waals surface area contributed by atoms with Crippen molar-refractivity contribution in [2.24, 2.45) is 44.7 Å². The Morgan fingerprint density at radius 2 is 1.34 bits per heavy atom. The molecule has 0 aromatic heterocycles. The Morgan fingerprint density at radius 1 is 0.829 bits per heavy atom. The van der Waals surface area contributed by atoms with E-state index in [4.69, 9.17) is 0 Å². The van der Waals surface area contributed by atoms with E-state index in [0.717, 1.165) is 37.1 Å². The highest BCUT2D eigenvalue weighted by Crippen LogP contribution is 2.45. The SMILES string of the molecule is CCC(C)/C(=N\NC(=O)NC1CC(C)(C)CC(C)(CNC(=O)NN=C(C(C)C)C(C)C)C1)C(C)C. The number of urea groups is 2. The zero-order valence-electron chi connectivity index (χ0n) is 24.1. The topological polar surface area (TPSA) is 107 Å². The first-order chi connectivity index (χ1) is 16.1. The largest absolute Gasteiger partial charge is 0.336 e. The van der Waals surface area contributed by atoms with Crippen molar-refractivity contribution in [3.63, 3.8) is 0 Å². The van der Waals surface area contributed by atoms with Crippen LogP contribution in [0.15, 0.2) is 10.2 Å². The van der Waals surface area contributed by atoms with E-state index in [2.05, 4.69) is 108 Å². The van der Waals surface area contributed by atoms with Crippen molar-refractivity contribution < 1.29 is 9.59 Å². The number of nitrogens with zero attached hydrogens (tertiary/aromatic N) is 2. The van der Waals surface area contributed by atoms with E-state index in [9.17, 15) is 9.59 Å². The zero-order chi connectivity index (χ0) is 27.0. The molecule has 0 radical (unpaired) electrons. The van der Waals surface area contributed by atoms with Crippen molar-refractivity contribution in [3.05, 3.63) is 0 Å². The number of rotatable bonds is 10. The molecule has 8 nitrogen and oxygen atoms in total. The summed E-state index contributed by atoms with van der Waals surface area (Å²) in [5, 5.41) is 14.9. The highest BCUT2D eigenvalue weighted by atomic mass is 16.2. The molecular formula is C27H52N6O2. The van der Waals surface area contributed by atoms with Gasteiger partial charge in [-0.1, -0.05) is 76.2 Å². The van der Waals surface area contributed by atoms with Gasteiger partial charge in [-0.3, -0.25) is 0 Å². The maximum Gasteiger partial charge on any atom is 0.335 e. The van der Waals surface area contributed by atoms with Crippen LogP contribution in [0.3, 0.4) is 0 Å². The molecule has 1 saturated carbocycles. The van der Waals surface area contributed by atoms with Crippen molar-refractivity contribution in [2.45, 2.75) is 108 Å². The van der Waals surface area contributed by atoms with E-state index < -0.39 is 0 Å². The van der Waals surface area contributed by atoms with Crippen molar-refractivity contribution in [2.75, 3.05) is 6.54 Å². The van der Waals surface area contributed by atoms with Gasteiger partial charge in [0.05, 0.1) is 0 Å². The Balaban J connectivity index is 2.77. The van der Waals surface area contributed by atoms with Crippen LogP contribution >= 0.6 is 0 Å². The van der Waals surface area contributed by atoms with Crippen LogP contribution in [0.25, 0.3) is 0 Å². The molecule has 1 fully saturated rings. The van der Waals surface area contributed by atoms with E-state index in [1.165, 1.54) is 0 Å². The number of nitrogens with one attached hydrogen (secondary N) is 4. The van der Waals surface area contributed by atoms with Crippen LogP contribution in [0.4, 0.5) is 9.59 Å². The Labute approximate surface area is 213 Å². The highest BCUT2D eigenvalue weighted by molar-refractivity contribution is 5.89. The predicted octanol–water partition coefficient (Wildman–Crippen LogP) is 5.90. The molecule has 0 aromatic rings. The summed E-state index contributed by atoms with van der Waals surface area (Å²) >= 11 is 0. The molecule has 4 N–H and O–H groups in total. The molecule has 0 saturated heterocycles. The van der Waals surface area contributed by atoms with Gasteiger partial charge in [-0.25, -0.2) is 20.4 Å². The second-order valence-corrected chi connectivity index (χ2v) is 12.5. The van der Waals surface area contributed by atoms with Crippen LogP contribution in [0, 0.1) is 34.5 Å². The lowest BCUT2D eigenvalue weighted by Gasteiger charge is -2.46. The molecule has 3 unspecified atom stereocenters. The van der Waals surface area contributed by atoms with Gasteiger partial charge in [0.1, 0.15) is 0 Å². The molecule has 1 rings (SSSR count). The van der Waals surface area contributed by atoms with Crippen molar-refractivity contribution in [3.8, 4) is 0 Å². The summed E-state index contributed by atoms with van der Waals surface area (Å²) in [7, 11) is 0. The molecule has 1 aliphatic carbocycles. The van der Waals surface area contributed by atoms with Gasteiger partial charge in [0.15, 0.2) is 0 Å². The van der Waals surface area contributed by atoms with E-state index in [1.54, 1.807) is 0 Å².